The van der Waals surface area contributed by atoms with E-state index in [0.717, 1.165) is 22.5 Å². The molecule has 0 bridgehead atoms. The molecule has 0 amide bonds. The minimum atomic E-state index is -1.09. The van der Waals surface area contributed by atoms with Crippen molar-refractivity contribution in [1.29, 1.82) is 0 Å². The van der Waals surface area contributed by atoms with Crippen LogP contribution in [0.15, 0.2) is 54.6 Å². The van der Waals surface area contributed by atoms with Crippen molar-refractivity contribution in [1.82, 2.24) is 0 Å². The third-order valence-corrected chi connectivity index (χ3v) is 5.14. The van der Waals surface area contributed by atoms with Crippen molar-refractivity contribution < 1.29 is 19.1 Å². The van der Waals surface area contributed by atoms with Gasteiger partial charge in [-0.2, -0.15) is 0 Å². The molecule has 0 spiro atoms. The van der Waals surface area contributed by atoms with Crippen LogP contribution >= 0.6 is 0 Å². The number of nitrogens with zero attached hydrogens (tertiary/aromatic N) is 2. The number of allylic oxidation sites excluding steroid dienone is 1. The zero-order valence-corrected chi connectivity index (χ0v) is 19.9. The molecule has 32 heavy (non-hydrogen) atoms. The van der Waals surface area contributed by atoms with Gasteiger partial charge in [0.15, 0.2) is 5.92 Å². The molecule has 0 radical (unpaired) electrons. The van der Waals surface area contributed by atoms with Gasteiger partial charge < -0.3 is 19.3 Å². The van der Waals surface area contributed by atoms with Crippen LogP contribution in [0.3, 0.4) is 0 Å². The minimum Gasteiger partial charge on any atom is -0.465 e. The first-order valence-electron chi connectivity index (χ1n) is 10.8. The Morgan fingerprint density at radius 1 is 0.781 bits per heavy atom. The van der Waals surface area contributed by atoms with E-state index in [-0.39, 0.29) is 13.2 Å². The van der Waals surface area contributed by atoms with Gasteiger partial charge in [0.1, 0.15) is 0 Å². The van der Waals surface area contributed by atoms with E-state index >= 15 is 0 Å². The number of benzene rings is 2. The fraction of sp³-hybridized carbons (Fsp3) is 0.385. The molecule has 0 aliphatic heterocycles. The van der Waals surface area contributed by atoms with Gasteiger partial charge >= 0.3 is 11.9 Å². The molecule has 1 unspecified atom stereocenters. The molecule has 2 aromatic carbocycles. The molecule has 0 aliphatic carbocycles. The molecule has 0 aliphatic rings. The maximum Gasteiger partial charge on any atom is 0.321 e. The second-order valence-electron chi connectivity index (χ2n) is 7.84. The van der Waals surface area contributed by atoms with Gasteiger partial charge in [-0.15, -0.1) is 0 Å². The summed E-state index contributed by atoms with van der Waals surface area (Å²) < 4.78 is 10.5. The smallest absolute Gasteiger partial charge is 0.321 e. The first-order valence-corrected chi connectivity index (χ1v) is 10.8. The van der Waals surface area contributed by atoms with Crippen LogP contribution in [0.4, 0.5) is 11.4 Å². The van der Waals surface area contributed by atoms with Crippen molar-refractivity contribution in [3.8, 4) is 0 Å². The SMILES string of the molecule is CCOC(=O)C(C(=O)OCC)C(/C=C/c1ccc(N(C)C)cc1)c1ccc(N(C)C)cc1. The zero-order chi connectivity index (χ0) is 23.7. The van der Waals surface area contributed by atoms with Gasteiger partial charge in [-0.05, 0) is 49.2 Å². The number of carbonyl (C=O) groups excluding carboxylic acids is 2. The maximum atomic E-state index is 12.8. The van der Waals surface area contributed by atoms with E-state index in [4.69, 9.17) is 9.47 Å². The van der Waals surface area contributed by atoms with Gasteiger partial charge in [0.05, 0.1) is 13.2 Å². The number of hydrogen-bond donors (Lipinski definition) is 0. The Labute approximate surface area is 191 Å². The van der Waals surface area contributed by atoms with Crippen molar-refractivity contribution in [3.63, 3.8) is 0 Å². The molecule has 0 N–H and O–H groups in total. The molecule has 2 aromatic rings. The fourth-order valence-electron chi connectivity index (χ4n) is 3.36. The van der Waals surface area contributed by atoms with Crippen LogP contribution in [0.5, 0.6) is 0 Å². The predicted molar refractivity (Wildman–Crippen MR) is 130 cm³/mol. The van der Waals surface area contributed by atoms with Crippen LogP contribution in [-0.4, -0.2) is 53.3 Å². The highest BCUT2D eigenvalue weighted by molar-refractivity contribution is 5.96. The second-order valence-corrected chi connectivity index (χ2v) is 7.84. The number of esters is 2. The number of carbonyl (C=O) groups is 2. The van der Waals surface area contributed by atoms with Crippen molar-refractivity contribution in [2.24, 2.45) is 5.92 Å². The lowest BCUT2D eigenvalue weighted by atomic mass is 9.85. The summed E-state index contributed by atoms with van der Waals surface area (Å²) in [5.74, 6) is -2.78. The first kappa shape index (κ1) is 25.0. The van der Waals surface area contributed by atoms with E-state index in [1.54, 1.807) is 13.8 Å². The Kier molecular flexibility index (Phi) is 9.32. The molecule has 0 aromatic heterocycles. The molecule has 0 saturated heterocycles. The maximum absolute atomic E-state index is 12.8. The highest BCUT2D eigenvalue weighted by Crippen LogP contribution is 2.31. The van der Waals surface area contributed by atoms with Crippen molar-refractivity contribution in [2.75, 3.05) is 51.2 Å². The van der Waals surface area contributed by atoms with Gasteiger partial charge in [-0.25, -0.2) is 0 Å². The van der Waals surface area contributed by atoms with E-state index < -0.39 is 23.8 Å². The van der Waals surface area contributed by atoms with Crippen LogP contribution in [0, 0.1) is 5.92 Å². The van der Waals surface area contributed by atoms with Gasteiger partial charge in [0, 0.05) is 45.5 Å². The van der Waals surface area contributed by atoms with Crippen LogP contribution in [-0.2, 0) is 19.1 Å². The monoisotopic (exact) mass is 438 g/mol. The average Bonchev–Trinajstić information content (AvgIpc) is 2.77. The summed E-state index contributed by atoms with van der Waals surface area (Å²) in [4.78, 5) is 29.6. The van der Waals surface area contributed by atoms with Crippen molar-refractivity contribution >= 4 is 29.4 Å². The van der Waals surface area contributed by atoms with E-state index in [2.05, 4.69) is 0 Å². The van der Waals surface area contributed by atoms with Gasteiger partial charge in [0.25, 0.3) is 0 Å². The third kappa shape index (κ3) is 6.61. The molecule has 6 heteroatoms. The first-order chi connectivity index (χ1) is 15.3. The number of anilines is 2. The largest absolute Gasteiger partial charge is 0.465 e. The molecule has 172 valence electrons. The highest BCUT2D eigenvalue weighted by Gasteiger charge is 2.37. The van der Waals surface area contributed by atoms with Gasteiger partial charge in [-0.3, -0.25) is 9.59 Å². The van der Waals surface area contributed by atoms with E-state index in [1.165, 1.54) is 0 Å². The quantitative estimate of drug-likeness (QED) is 0.406. The number of rotatable bonds is 10. The molecule has 1 atom stereocenters. The molecular formula is C26H34N2O4. The van der Waals surface area contributed by atoms with Crippen LogP contribution in [0.25, 0.3) is 6.08 Å². The summed E-state index contributed by atoms with van der Waals surface area (Å²) in [6.07, 6.45) is 3.81. The second kappa shape index (κ2) is 11.9. The lowest BCUT2D eigenvalue weighted by Crippen LogP contribution is -2.33. The van der Waals surface area contributed by atoms with Crippen molar-refractivity contribution in [3.05, 3.63) is 65.7 Å². The highest BCUT2D eigenvalue weighted by atomic mass is 16.6. The Morgan fingerprint density at radius 2 is 1.22 bits per heavy atom. The predicted octanol–water partition coefficient (Wildman–Crippen LogP) is 4.36. The lowest BCUT2D eigenvalue weighted by Gasteiger charge is -2.23. The molecule has 2 rings (SSSR count). The summed E-state index contributed by atoms with van der Waals surface area (Å²) >= 11 is 0. The third-order valence-electron chi connectivity index (χ3n) is 5.14. The molecule has 0 saturated carbocycles. The van der Waals surface area contributed by atoms with E-state index in [1.807, 2.05) is 98.7 Å². The Bertz CT molecular complexity index is 884. The van der Waals surface area contributed by atoms with Crippen LogP contribution in [0.2, 0.25) is 0 Å². The summed E-state index contributed by atoms with van der Waals surface area (Å²) in [6.45, 7) is 3.83. The molecule has 0 fully saturated rings. The van der Waals surface area contributed by atoms with E-state index in [9.17, 15) is 9.59 Å². The Hall–Kier alpha value is -3.28. The van der Waals surface area contributed by atoms with Gasteiger partial charge in [0.2, 0.25) is 0 Å². The summed E-state index contributed by atoms with van der Waals surface area (Å²) in [7, 11) is 7.90. The average molecular weight is 439 g/mol. The van der Waals surface area contributed by atoms with Crippen LogP contribution < -0.4 is 9.80 Å². The standard InChI is InChI=1S/C26H34N2O4/c1-7-31-25(29)24(26(30)32-8-2)23(20-12-16-22(17-13-20)28(5)6)18-11-19-9-14-21(15-10-19)27(3)4/h9-18,23-24H,7-8H2,1-6H3/b18-11+. The molecular weight excluding hydrogens is 404 g/mol. The topological polar surface area (TPSA) is 59.1 Å². The Balaban J connectivity index is 2.48. The normalized spacial score (nSPS) is 12.0. The summed E-state index contributed by atoms with van der Waals surface area (Å²) in [6, 6.07) is 15.9. The molecule has 6 nitrogen and oxygen atoms in total. The zero-order valence-electron chi connectivity index (χ0n) is 19.9. The summed E-state index contributed by atoms with van der Waals surface area (Å²) in [5, 5.41) is 0. The Morgan fingerprint density at radius 3 is 1.62 bits per heavy atom. The fourth-order valence-corrected chi connectivity index (χ4v) is 3.36. The lowest BCUT2D eigenvalue weighted by molar-refractivity contribution is -0.162. The van der Waals surface area contributed by atoms with Crippen molar-refractivity contribution in [2.45, 2.75) is 19.8 Å². The van der Waals surface area contributed by atoms with E-state index in [0.29, 0.717) is 0 Å². The number of hydrogen-bond acceptors (Lipinski definition) is 6. The summed E-state index contributed by atoms with van der Waals surface area (Å²) in [5.41, 5.74) is 3.92. The number of ether oxygens (including phenoxy) is 2. The minimum absolute atomic E-state index is 0.191. The van der Waals surface area contributed by atoms with Crippen LogP contribution in [0.1, 0.15) is 30.9 Å². The van der Waals surface area contributed by atoms with Gasteiger partial charge in [-0.1, -0.05) is 36.4 Å². The molecule has 0 heterocycles.